The van der Waals surface area contributed by atoms with Crippen LogP contribution in [0.4, 0.5) is 17.6 Å². The van der Waals surface area contributed by atoms with Gasteiger partial charge in [-0.15, -0.1) is 0 Å². The van der Waals surface area contributed by atoms with Gasteiger partial charge in [0, 0.05) is 7.05 Å². The maximum absolute atomic E-state index is 13.1. The molecule has 0 saturated heterocycles. The zero-order valence-electron chi connectivity index (χ0n) is 8.38. The van der Waals surface area contributed by atoms with Crippen LogP contribution in [0.2, 0.25) is 0 Å². The van der Waals surface area contributed by atoms with E-state index in [9.17, 15) is 22.4 Å². The van der Waals surface area contributed by atoms with Gasteiger partial charge in [-0.05, 0) is 12.1 Å². The molecular weight excluding hydrogens is 226 g/mol. The third-order valence-corrected chi connectivity index (χ3v) is 1.94. The molecule has 0 spiro atoms. The molecule has 0 aliphatic heterocycles. The Balaban J connectivity index is 2.92. The Bertz CT molecular complexity index is 394. The van der Waals surface area contributed by atoms with Gasteiger partial charge in [-0.1, -0.05) is 6.07 Å². The van der Waals surface area contributed by atoms with Crippen molar-refractivity contribution in [1.82, 2.24) is 4.90 Å². The Morgan fingerprint density at radius 1 is 1.38 bits per heavy atom. The lowest BCUT2D eigenvalue weighted by atomic mass is 10.2. The lowest BCUT2D eigenvalue weighted by molar-refractivity contribution is 0.0615. The first-order chi connectivity index (χ1) is 7.43. The standard InChI is InChI=1S/C10H9F4NO/c1-15(5-8(12)13)10(16)6-3-2-4-7(11)9(6)14/h2-4,8H,5H2,1H3. The van der Waals surface area contributed by atoms with Crippen LogP contribution >= 0.6 is 0 Å². The molecule has 1 rings (SSSR count). The minimum absolute atomic E-state index is 0.553. The molecule has 0 fully saturated rings. The SMILES string of the molecule is CN(CC(F)F)C(=O)c1cccc(F)c1F. The molecule has 0 aliphatic carbocycles. The van der Waals surface area contributed by atoms with Crippen LogP contribution in [0.3, 0.4) is 0 Å². The van der Waals surface area contributed by atoms with Gasteiger partial charge in [0.2, 0.25) is 0 Å². The molecule has 0 saturated carbocycles. The zero-order chi connectivity index (χ0) is 12.3. The van der Waals surface area contributed by atoms with Crippen LogP contribution in [0.5, 0.6) is 0 Å². The Morgan fingerprint density at radius 3 is 2.56 bits per heavy atom. The van der Waals surface area contributed by atoms with Gasteiger partial charge < -0.3 is 4.90 Å². The molecule has 0 radical (unpaired) electrons. The molecule has 0 aliphatic rings. The highest BCUT2D eigenvalue weighted by Gasteiger charge is 2.20. The Kier molecular flexibility index (Phi) is 3.87. The zero-order valence-corrected chi connectivity index (χ0v) is 8.38. The van der Waals surface area contributed by atoms with E-state index in [0.717, 1.165) is 25.2 Å². The second-order valence-corrected chi connectivity index (χ2v) is 3.18. The summed E-state index contributed by atoms with van der Waals surface area (Å²) in [4.78, 5) is 12.1. The number of hydrogen-bond donors (Lipinski definition) is 0. The average molecular weight is 235 g/mol. The summed E-state index contributed by atoms with van der Waals surface area (Å²) in [5.41, 5.74) is -0.553. The topological polar surface area (TPSA) is 20.3 Å². The molecule has 16 heavy (non-hydrogen) atoms. The maximum atomic E-state index is 13.1. The van der Waals surface area contributed by atoms with Gasteiger partial charge in [0.1, 0.15) is 0 Å². The highest BCUT2D eigenvalue weighted by Crippen LogP contribution is 2.13. The number of carbonyl (C=O) groups excluding carboxylic acids is 1. The lowest BCUT2D eigenvalue weighted by Gasteiger charge is -2.16. The first-order valence-electron chi connectivity index (χ1n) is 4.41. The van der Waals surface area contributed by atoms with E-state index in [1.807, 2.05) is 0 Å². The molecule has 0 bridgehead atoms. The first kappa shape index (κ1) is 12.5. The molecule has 0 aromatic heterocycles. The summed E-state index contributed by atoms with van der Waals surface area (Å²) in [6, 6.07) is 3.03. The largest absolute Gasteiger partial charge is 0.336 e. The normalized spacial score (nSPS) is 10.6. The molecule has 0 atom stereocenters. The predicted octanol–water partition coefficient (Wildman–Crippen LogP) is 2.30. The summed E-state index contributed by atoms with van der Waals surface area (Å²) in [6.45, 7) is -0.825. The number of benzene rings is 1. The number of nitrogens with zero attached hydrogens (tertiary/aromatic N) is 1. The van der Waals surface area contributed by atoms with Crippen LogP contribution < -0.4 is 0 Å². The van der Waals surface area contributed by atoms with E-state index in [1.54, 1.807) is 0 Å². The monoisotopic (exact) mass is 235 g/mol. The summed E-state index contributed by atoms with van der Waals surface area (Å²) in [6.07, 6.45) is -2.72. The fourth-order valence-electron chi connectivity index (χ4n) is 1.16. The number of hydrogen-bond acceptors (Lipinski definition) is 1. The quantitative estimate of drug-likeness (QED) is 0.736. The fraction of sp³-hybridized carbons (Fsp3) is 0.300. The molecule has 1 aromatic carbocycles. The fourth-order valence-corrected chi connectivity index (χ4v) is 1.16. The highest BCUT2D eigenvalue weighted by atomic mass is 19.3. The molecular formula is C10H9F4NO. The van der Waals surface area contributed by atoms with Crippen molar-refractivity contribution in [3.63, 3.8) is 0 Å². The van der Waals surface area contributed by atoms with Gasteiger partial charge in [0.05, 0.1) is 12.1 Å². The highest BCUT2D eigenvalue weighted by molar-refractivity contribution is 5.94. The van der Waals surface area contributed by atoms with Crippen molar-refractivity contribution in [2.45, 2.75) is 6.43 Å². The molecule has 0 heterocycles. The van der Waals surface area contributed by atoms with Crippen molar-refractivity contribution < 1.29 is 22.4 Å². The van der Waals surface area contributed by atoms with Crippen LogP contribution in [-0.4, -0.2) is 30.8 Å². The smallest absolute Gasteiger partial charge is 0.256 e. The molecule has 0 N–H and O–H groups in total. The number of rotatable bonds is 3. The second-order valence-electron chi connectivity index (χ2n) is 3.18. The van der Waals surface area contributed by atoms with Gasteiger partial charge in [0.25, 0.3) is 12.3 Å². The Morgan fingerprint density at radius 2 is 2.00 bits per heavy atom. The molecule has 88 valence electrons. The van der Waals surface area contributed by atoms with Crippen molar-refractivity contribution in [3.8, 4) is 0 Å². The van der Waals surface area contributed by atoms with Crippen LogP contribution in [-0.2, 0) is 0 Å². The third-order valence-electron chi connectivity index (χ3n) is 1.94. The van der Waals surface area contributed by atoms with Gasteiger partial charge in [-0.25, -0.2) is 17.6 Å². The summed E-state index contributed by atoms with van der Waals surface area (Å²) >= 11 is 0. The van der Waals surface area contributed by atoms with E-state index in [-0.39, 0.29) is 0 Å². The molecule has 1 aromatic rings. The van der Waals surface area contributed by atoms with Crippen molar-refractivity contribution in [3.05, 3.63) is 35.4 Å². The summed E-state index contributed by atoms with van der Waals surface area (Å²) < 4.78 is 49.9. The number of carbonyl (C=O) groups is 1. The third kappa shape index (κ3) is 2.71. The van der Waals surface area contributed by atoms with Crippen molar-refractivity contribution in [2.75, 3.05) is 13.6 Å². The van der Waals surface area contributed by atoms with E-state index in [0.29, 0.717) is 4.90 Å². The van der Waals surface area contributed by atoms with Crippen molar-refractivity contribution in [2.24, 2.45) is 0 Å². The summed E-state index contributed by atoms with van der Waals surface area (Å²) in [5.74, 6) is -3.48. The number of amides is 1. The van der Waals surface area contributed by atoms with E-state index in [4.69, 9.17) is 0 Å². The lowest BCUT2D eigenvalue weighted by Crippen LogP contribution is -2.32. The maximum Gasteiger partial charge on any atom is 0.256 e. The van der Waals surface area contributed by atoms with Crippen molar-refractivity contribution >= 4 is 5.91 Å². The first-order valence-corrected chi connectivity index (χ1v) is 4.41. The molecule has 1 amide bonds. The number of alkyl halides is 2. The van der Waals surface area contributed by atoms with E-state index in [1.165, 1.54) is 0 Å². The average Bonchev–Trinajstić information content (AvgIpc) is 2.20. The Labute approximate surface area is 89.5 Å². The molecule has 2 nitrogen and oxygen atoms in total. The van der Waals surface area contributed by atoms with Crippen LogP contribution in [0, 0.1) is 11.6 Å². The Hall–Kier alpha value is -1.59. The van der Waals surface area contributed by atoms with Gasteiger partial charge in [-0.2, -0.15) is 0 Å². The van der Waals surface area contributed by atoms with Gasteiger partial charge in [0.15, 0.2) is 11.6 Å². The number of halogens is 4. The summed E-state index contributed by atoms with van der Waals surface area (Å²) in [5, 5.41) is 0. The van der Waals surface area contributed by atoms with Crippen LogP contribution in [0.25, 0.3) is 0 Å². The van der Waals surface area contributed by atoms with E-state index in [2.05, 4.69) is 0 Å². The minimum atomic E-state index is -2.72. The van der Waals surface area contributed by atoms with Crippen molar-refractivity contribution in [1.29, 1.82) is 0 Å². The van der Waals surface area contributed by atoms with Gasteiger partial charge in [-0.3, -0.25) is 4.79 Å². The van der Waals surface area contributed by atoms with Crippen LogP contribution in [0.15, 0.2) is 18.2 Å². The van der Waals surface area contributed by atoms with E-state index >= 15 is 0 Å². The van der Waals surface area contributed by atoms with Gasteiger partial charge >= 0.3 is 0 Å². The second kappa shape index (κ2) is 4.96. The summed E-state index contributed by atoms with van der Waals surface area (Å²) in [7, 11) is 1.10. The minimum Gasteiger partial charge on any atom is -0.336 e. The van der Waals surface area contributed by atoms with Crippen LogP contribution in [0.1, 0.15) is 10.4 Å². The predicted molar refractivity (Wildman–Crippen MR) is 49.3 cm³/mol. The molecule has 6 heteroatoms. The molecule has 0 unspecified atom stereocenters. The van der Waals surface area contributed by atoms with E-state index < -0.39 is 36.1 Å².